The fraction of sp³-hybridized carbons (Fsp3) is 0.211. The first-order chi connectivity index (χ1) is 40.9. The summed E-state index contributed by atoms with van der Waals surface area (Å²) in [6.45, 7) is 17.6. The van der Waals surface area contributed by atoms with Crippen LogP contribution >= 0.6 is 0 Å². The van der Waals surface area contributed by atoms with Gasteiger partial charge in [0.2, 0.25) is 0 Å². The van der Waals surface area contributed by atoms with Crippen molar-refractivity contribution in [2.24, 2.45) is 0 Å². The molecular weight excluding hydrogens is 1790 g/mol. The van der Waals surface area contributed by atoms with Crippen molar-refractivity contribution in [2.75, 3.05) is 0 Å². The summed E-state index contributed by atoms with van der Waals surface area (Å²) >= 11 is 0. The third kappa shape index (κ3) is 8.61. The van der Waals surface area contributed by atoms with Gasteiger partial charge in [0.15, 0.2) is 0 Å². The molecule has 8 aromatic heterocycles. The van der Waals surface area contributed by atoms with Gasteiger partial charge in [-0.2, -0.15) is 0 Å². The fourth-order valence-corrected chi connectivity index (χ4v) is 15.5. The molecule has 0 fully saturated rings. The van der Waals surface area contributed by atoms with Crippen LogP contribution in [0.5, 0.6) is 0 Å². The first kappa shape index (κ1) is 60.1. The van der Waals surface area contributed by atoms with Crippen LogP contribution in [0.2, 0.25) is 0 Å². The maximum absolute atomic E-state index is 4.89. The molecule has 12 heteroatoms. The number of imidazole rings is 4. The SMILES string of the molecule is Cc1nc2c3[c-]ccc(C)c3c3cccc4c3n2c1CC4.Cc1nc2c3[c-]cccc3c3c(C)ccc4c3n2c1CC4.Cc1nc2c3[c-]cccc3c3cccc4c3n2c1CC4.Cc1nc2c3[c-]cccc3c3cccc4c3n2c1CC4(C)C.[Ir].[Ir].[Ir].[Ir]. The molecule has 0 atom stereocenters. The molecule has 0 aliphatic carbocycles. The van der Waals surface area contributed by atoms with E-state index in [4.69, 9.17) is 19.9 Å². The zero-order valence-corrected chi connectivity index (χ0v) is 59.6. The first-order valence-electron chi connectivity index (χ1n) is 29.8. The summed E-state index contributed by atoms with van der Waals surface area (Å²) in [5.74, 6) is 0. The molecule has 0 bridgehead atoms. The maximum atomic E-state index is 4.89. The van der Waals surface area contributed by atoms with Crippen LogP contribution < -0.4 is 0 Å². The largest absolute Gasteiger partial charge is 0.337 e. The van der Waals surface area contributed by atoms with E-state index in [9.17, 15) is 0 Å². The van der Waals surface area contributed by atoms with E-state index in [2.05, 4.69) is 206 Å². The van der Waals surface area contributed by atoms with Gasteiger partial charge in [0.25, 0.3) is 0 Å². The van der Waals surface area contributed by atoms with E-state index < -0.39 is 0 Å². The van der Waals surface area contributed by atoms with E-state index in [1.165, 1.54) is 121 Å². The fourth-order valence-electron chi connectivity index (χ4n) is 15.5. The van der Waals surface area contributed by atoms with E-state index in [1.54, 1.807) is 0 Å². The molecule has 8 aromatic carbocycles. The Morgan fingerprint density at radius 2 is 0.739 bits per heavy atom. The predicted molar refractivity (Wildman–Crippen MR) is 344 cm³/mol. The Morgan fingerprint density at radius 3 is 1.30 bits per heavy atom. The van der Waals surface area contributed by atoms with Crippen LogP contribution in [-0.2, 0) is 131 Å². The van der Waals surface area contributed by atoms with Crippen LogP contribution in [-0.4, -0.2) is 37.5 Å². The number of fused-ring (bicyclic) bond motifs is 12. The van der Waals surface area contributed by atoms with Crippen LogP contribution in [0.15, 0.2) is 133 Å². The summed E-state index contributed by atoms with van der Waals surface area (Å²) in [7, 11) is 0. The van der Waals surface area contributed by atoms with Gasteiger partial charge in [0.1, 0.15) is 0 Å². The Balaban J connectivity index is 0.000000107. The first-order valence-corrected chi connectivity index (χ1v) is 29.8. The smallest absolute Gasteiger partial charge is 0.0614 e. The number of aromatic nitrogens is 8. The normalized spacial score (nSPS) is 13.8. The second-order valence-electron chi connectivity index (χ2n) is 24.7. The van der Waals surface area contributed by atoms with Crippen molar-refractivity contribution < 1.29 is 80.4 Å². The van der Waals surface area contributed by atoms with Crippen LogP contribution in [0.25, 0.3) is 109 Å². The van der Waals surface area contributed by atoms with Gasteiger partial charge in [-0.1, -0.05) is 120 Å². The molecular formula is C76H60Ir4N8-4. The molecule has 0 N–H and O–H groups in total. The summed E-state index contributed by atoms with van der Waals surface area (Å²) < 4.78 is 9.50. The Kier molecular flexibility index (Phi) is 15.2. The molecule has 0 amide bonds. The monoisotopic (exact) mass is 1860 g/mol. The van der Waals surface area contributed by atoms with Crippen LogP contribution in [0, 0.1) is 65.8 Å². The number of hydrogen-bond donors (Lipinski definition) is 0. The van der Waals surface area contributed by atoms with E-state index in [-0.39, 0.29) is 85.8 Å². The standard InChI is InChI=1S/C20H17N2.2C19H15N2.C18H13N2.4Ir/c1-12-17-11-20(2,3)16-10-6-9-14-13-7-4-5-8-15(13)19(21-12)22(17)18(14)16;1-11-5-3-8-15-17(11)14-7-4-6-13-9-10-16-12(2)20-19(15)21(16)18(13)14;1-11-7-8-13-9-10-16-12(2)20-19-15-6-4-3-5-14(15)17(11)18(13)21(16)19;1-11-16-10-9-12-5-4-8-14-13-6-2-3-7-15(13)18(19-11)20(16)17(12)14;;;;/h4-7,9-10H,11H2,1-3H3;3-7H,9-10H2,1-2H3;3-5,7-8H,9-10H2,1-2H3;2-6,8H,9-10H2,1H3;;;;/q4*-1;;;;. The van der Waals surface area contributed by atoms with Gasteiger partial charge in [-0.05, 0) is 129 Å². The van der Waals surface area contributed by atoms with Crippen molar-refractivity contribution >= 4 is 109 Å². The van der Waals surface area contributed by atoms with E-state index in [1.807, 2.05) is 24.3 Å². The molecule has 4 radical (unpaired) electrons. The second kappa shape index (κ2) is 22.3. The molecule has 0 saturated carbocycles. The van der Waals surface area contributed by atoms with Gasteiger partial charge < -0.3 is 17.6 Å². The third-order valence-corrected chi connectivity index (χ3v) is 19.4. The topological polar surface area (TPSA) is 69.2 Å². The zero-order valence-electron chi connectivity index (χ0n) is 50.1. The molecule has 0 saturated heterocycles. The van der Waals surface area contributed by atoms with Crippen molar-refractivity contribution in [3.63, 3.8) is 0 Å². The molecule has 8 nitrogen and oxygen atoms in total. The molecule has 0 unspecified atom stereocenters. The number of benzene rings is 8. The number of hydrogen-bond acceptors (Lipinski definition) is 4. The molecule has 4 aliphatic rings. The average Bonchev–Trinajstić information content (AvgIpc) is 1.73. The molecule has 12 heterocycles. The van der Waals surface area contributed by atoms with Crippen molar-refractivity contribution in [3.05, 3.63) is 237 Å². The molecule has 20 rings (SSSR count). The van der Waals surface area contributed by atoms with Gasteiger partial charge >= 0.3 is 0 Å². The molecule has 0 spiro atoms. The summed E-state index contributed by atoms with van der Waals surface area (Å²) in [6, 6.07) is 61.1. The van der Waals surface area contributed by atoms with E-state index in [0.717, 1.165) is 112 Å². The van der Waals surface area contributed by atoms with Gasteiger partial charge in [0, 0.05) is 148 Å². The van der Waals surface area contributed by atoms with Crippen LogP contribution in [0.1, 0.15) is 92.8 Å². The zero-order chi connectivity index (χ0) is 56.6. The van der Waals surface area contributed by atoms with Crippen molar-refractivity contribution in [2.45, 2.75) is 106 Å². The Bertz CT molecular complexity index is 5610. The van der Waals surface area contributed by atoms with Crippen LogP contribution in [0.3, 0.4) is 0 Å². The van der Waals surface area contributed by atoms with E-state index in [0.29, 0.717) is 0 Å². The number of pyridine rings is 4. The Labute approximate surface area is 564 Å². The molecule has 444 valence electrons. The average molecular weight is 1850 g/mol. The maximum Gasteiger partial charge on any atom is 0.0614 e. The number of rotatable bonds is 0. The van der Waals surface area contributed by atoms with E-state index >= 15 is 0 Å². The van der Waals surface area contributed by atoms with Gasteiger partial charge in [-0.3, -0.25) is 19.9 Å². The summed E-state index contributed by atoms with van der Waals surface area (Å²) in [4.78, 5) is 19.4. The molecule has 4 aliphatic heterocycles. The Morgan fingerprint density at radius 1 is 0.341 bits per heavy atom. The molecule has 16 aromatic rings. The minimum Gasteiger partial charge on any atom is -0.337 e. The van der Waals surface area contributed by atoms with Crippen molar-refractivity contribution in [1.82, 2.24) is 37.5 Å². The minimum absolute atomic E-state index is 0. The Hall–Kier alpha value is -6.80. The molecule has 88 heavy (non-hydrogen) atoms. The van der Waals surface area contributed by atoms with Gasteiger partial charge in [-0.15, -0.1) is 113 Å². The van der Waals surface area contributed by atoms with Gasteiger partial charge in [-0.25, -0.2) is 0 Å². The van der Waals surface area contributed by atoms with Gasteiger partial charge in [0.05, 0.1) is 22.6 Å². The predicted octanol–water partition coefficient (Wildman–Crippen LogP) is 16.7. The van der Waals surface area contributed by atoms with Crippen molar-refractivity contribution in [1.29, 1.82) is 0 Å². The van der Waals surface area contributed by atoms with Crippen LogP contribution in [0.4, 0.5) is 0 Å². The number of para-hydroxylation sites is 3. The summed E-state index contributed by atoms with van der Waals surface area (Å²) in [5, 5.41) is 15.0. The number of aryl methyl sites for hydroxylation is 12. The number of nitrogens with zero attached hydrogens (tertiary/aromatic N) is 8. The van der Waals surface area contributed by atoms with Crippen molar-refractivity contribution in [3.8, 4) is 0 Å². The summed E-state index contributed by atoms with van der Waals surface area (Å²) in [6.07, 6.45) is 7.61. The minimum atomic E-state index is 0. The second-order valence-corrected chi connectivity index (χ2v) is 24.7. The summed E-state index contributed by atoms with van der Waals surface area (Å²) in [5.41, 5.74) is 28.2. The quantitative estimate of drug-likeness (QED) is 0.112. The third-order valence-electron chi connectivity index (χ3n) is 19.4.